The summed E-state index contributed by atoms with van der Waals surface area (Å²) in [5, 5.41) is 3.07. The minimum Gasteiger partial charge on any atom is -0.370 e. The minimum absolute atomic E-state index is 0.172. The predicted octanol–water partition coefficient (Wildman–Crippen LogP) is 4.72. The van der Waals surface area contributed by atoms with E-state index in [2.05, 4.69) is 67.0 Å². The van der Waals surface area contributed by atoms with Crippen molar-refractivity contribution in [2.24, 2.45) is 5.92 Å². The van der Waals surface area contributed by atoms with Crippen molar-refractivity contribution in [3.05, 3.63) is 47.2 Å². The van der Waals surface area contributed by atoms with Crippen LogP contribution >= 0.6 is 0 Å². The van der Waals surface area contributed by atoms with E-state index in [-0.39, 0.29) is 17.5 Å². The molecule has 5 rings (SSSR count). The Morgan fingerprint density at radius 3 is 2.44 bits per heavy atom. The fourth-order valence-electron chi connectivity index (χ4n) is 6.05. The molecule has 2 aliphatic heterocycles. The molecule has 36 heavy (non-hydrogen) atoms. The van der Waals surface area contributed by atoms with Crippen molar-refractivity contribution in [1.82, 2.24) is 19.8 Å². The number of anilines is 2. The van der Waals surface area contributed by atoms with Gasteiger partial charge in [-0.05, 0) is 75.1 Å². The van der Waals surface area contributed by atoms with Gasteiger partial charge in [0.1, 0.15) is 0 Å². The third-order valence-corrected chi connectivity index (χ3v) is 8.51. The van der Waals surface area contributed by atoms with Gasteiger partial charge < -0.3 is 20.0 Å². The van der Waals surface area contributed by atoms with E-state index in [1.807, 2.05) is 0 Å². The lowest BCUT2D eigenvalue weighted by molar-refractivity contribution is 0.0878. The molecular weight excluding hydrogens is 450 g/mol. The average molecular weight is 490 g/mol. The zero-order valence-electron chi connectivity index (χ0n) is 21.7. The largest absolute Gasteiger partial charge is 0.370 e. The first-order valence-electron chi connectivity index (χ1n) is 13.6. The maximum absolute atomic E-state index is 12.9. The van der Waals surface area contributed by atoms with E-state index in [4.69, 9.17) is 6.57 Å². The molecule has 2 N–H and O–H groups in total. The maximum Gasteiger partial charge on any atom is 0.314 e. The number of carbonyl (C=O) groups excluding carboxylic acids is 1. The molecule has 1 aliphatic carbocycles. The molecular formula is C28H39N7O. The van der Waals surface area contributed by atoms with E-state index < -0.39 is 0 Å². The number of aromatic nitrogens is 2. The van der Waals surface area contributed by atoms with Crippen LogP contribution in [0.4, 0.5) is 17.2 Å². The van der Waals surface area contributed by atoms with Crippen LogP contribution in [-0.4, -0.2) is 78.0 Å². The number of H-pyrrole nitrogens is 1. The average Bonchev–Trinajstić information content (AvgIpc) is 3.40. The summed E-state index contributed by atoms with van der Waals surface area (Å²) in [7, 11) is 2.22. The Labute approximate surface area is 214 Å². The van der Waals surface area contributed by atoms with Crippen molar-refractivity contribution >= 4 is 23.1 Å². The number of nitrogens with zero attached hydrogens (tertiary/aromatic N) is 5. The number of carbonyl (C=O) groups is 1. The van der Waals surface area contributed by atoms with Gasteiger partial charge in [-0.3, -0.25) is 14.7 Å². The molecule has 3 heterocycles. The fraction of sp³-hybridized carbons (Fsp3) is 0.607. The number of benzene rings is 1. The molecule has 0 unspecified atom stereocenters. The highest BCUT2D eigenvalue weighted by molar-refractivity contribution is 6.04. The molecule has 1 aromatic carbocycles. The minimum atomic E-state index is -0.308. The lowest BCUT2D eigenvalue weighted by atomic mass is 9.80. The lowest BCUT2D eigenvalue weighted by Gasteiger charge is -2.41. The number of hydrogen-bond acceptors (Lipinski definition) is 5. The highest BCUT2D eigenvalue weighted by Gasteiger charge is 2.29. The summed E-state index contributed by atoms with van der Waals surface area (Å²) in [5.74, 6) is 1.45. The molecule has 2 saturated heterocycles. The number of aromatic amines is 1. The Bertz CT molecular complexity index is 1080. The van der Waals surface area contributed by atoms with Crippen molar-refractivity contribution in [1.29, 1.82) is 0 Å². The van der Waals surface area contributed by atoms with Crippen LogP contribution in [0.5, 0.6) is 0 Å². The first-order chi connectivity index (χ1) is 17.5. The Morgan fingerprint density at radius 2 is 1.78 bits per heavy atom. The molecule has 1 amide bonds. The molecule has 8 heteroatoms. The van der Waals surface area contributed by atoms with Crippen LogP contribution in [0, 0.1) is 12.5 Å². The van der Waals surface area contributed by atoms with Crippen molar-refractivity contribution in [2.45, 2.75) is 57.4 Å². The van der Waals surface area contributed by atoms with Gasteiger partial charge in [-0.15, -0.1) is 0 Å². The Morgan fingerprint density at radius 1 is 1.06 bits per heavy atom. The number of rotatable bonds is 5. The van der Waals surface area contributed by atoms with Crippen LogP contribution in [0.3, 0.4) is 0 Å². The molecule has 2 aromatic rings. The smallest absolute Gasteiger partial charge is 0.314 e. The van der Waals surface area contributed by atoms with Gasteiger partial charge in [-0.1, -0.05) is 19.6 Å². The Balaban J connectivity index is 1.31. The van der Waals surface area contributed by atoms with Gasteiger partial charge in [-0.25, -0.2) is 4.98 Å². The maximum atomic E-state index is 12.9. The lowest BCUT2D eigenvalue weighted by Crippen LogP contribution is -2.49. The van der Waals surface area contributed by atoms with Gasteiger partial charge in [-0.2, -0.15) is 0 Å². The zero-order chi connectivity index (χ0) is 25.1. The van der Waals surface area contributed by atoms with E-state index in [0.717, 1.165) is 36.4 Å². The summed E-state index contributed by atoms with van der Waals surface area (Å²) >= 11 is 0. The number of likely N-dealkylation sites (N-methyl/N-ethyl adjacent to an activating group) is 1. The van der Waals surface area contributed by atoms with E-state index in [1.54, 1.807) is 0 Å². The second-order valence-corrected chi connectivity index (χ2v) is 11.0. The fourth-order valence-corrected chi connectivity index (χ4v) is 6.05. The van der Waals surface area contributed by atoms with Crippen molar-refractivity contribution in [3.8, 4) is 0 Å². The molecule has 0 bridgehead atoms. The SMILES string of the molecule is [C-]#[N+]c1cnc(C(=O)Nc2ccc(C3CCC(N4CCN(C)CC4)CC3)cc2N2CCC(C)CC2)[nH]1. The Hall–Kier alpha value is -2.89. The number of piperazine rings is 1. The van der Waals surface area contributed by atoms with Crippen LogP contribution in [0.25, 0.3) is 4.85 Å². The summed E-state index contributed by atoms with van der Waals surface area (Å²) in [6.07, 6.45) is 8.73. The molecule has 1 aromatic heterocycles. The summed E-state index contributed by atoms with van der Waals surface area (Å²) in [6.45, 7) is 16.2. The molecule has 3 aliphatic rings. The normalized spacial score (nSPS) is 24.4. The van der Waals surface area contributed by atoms with Crippen molar-refractivity contribution < 1.29 is 4.79 Å². The van der Waals surface area contributed by atoms with Crippen LogP contribution in [0.2, 0.25) is 0 Å². The summed E-state index contributed by atoms with van der Waals surface area (Å²) < 4.78 is 0. The summed E-state index contributed by atoms with van der Waals surface area (Å²) in [5.41, 5.74) is 3.34. The van der Waals surface area contributed by atoms with Gasteiger partial charge in [0, 0.05) is 45.3 Å². The van der Waals surface area contributed by atoms with Crippen LogP contribution in [-0.2, 0) is 0 Å². The Kier molecular flexibility index (Phi) is 7.59. The van der Waals surface area contributed by atoms with E-state index >= 15 is 0 Å². The van der Waals surface area contributed by atoms with Gasteiger partial charge in [0.25, 0.3) is 5.82 Å². The van der Waals surface area contributed by atoms with Crippen molar-refractivity contribution in [2.75, 3.05) is 56.5 Å². The van der Waals surface area contributed by atoms with Crippen molar-refractivity contribution in [3.63, 3.8) is 0 Å². The molecule has 8 nitrogen and oxygen atoms in total. The standard InChI is InChI=1S/C28H39N7O/c1-20-10-12-35(13-11-20)25-18-22(6-9-24(25)31-28(36)27-30-19-26(29-2)32-27)21-4-7-23(8-5-21)34-16-14-33(3)15-17-34/h6,9,18-21,23H,4-5,7-8,10-17H2,1,3H3,(H,30,32)(H,31,36). The number of amides is 1. The number of hydrogen-bond donors (Lipinski definition) is 2. The first-order valence-corrected chi connectivity index (χ1v) is 13.6. The van der Waals surface area contributed by atoms with Gasteiger partial charge >= 0.3 is 5.91 Å². The molecule has 0 spiro atoms. The third-order valence-electron chi connectivity index (χ3n) is 8.51. The van der Waals surface area contributed by atoms with Gasteiger partial charge in [0.15, 0.2) is 0 Å². The second kappa shape index (κ2) is 11.0. The molecule has 192 valence electrons. The van der Waals surface area contributed by atoms with E-state index in [1.165, 1.54) is 76.5 Å². The molecule has 0 atom stereocenters. The summed E-state index contributed by atoms with van der Waals surface area (Å²) in [6, 6.07) is 7.34. The zero-order valence-corrected chi connectivity index (χ0v) is 21.7. The van der Waals surface area contributed by atoms with Crippen LogP contribution < -0.4 is 10.2 Å². The van der Waals surface area contributed by atoms with Gasteiger partial charge in [0.05, 0.1) is 17.6 Å². The third kappa shape index (κ3) is 5.58. The van der Waals surface area contributed by atoms with E-state index in [0.29, 0.717) is 5.92 Å². The van der Waals surface area contributed by atoms with E-state index in [9.17, 15) is 4.79 Å². The molecule has 1 saturated carbocycles. The van der Waals surface area contributed by atoms with Crippen LogP contribution in [0.1, 0.15) is 67.5 Å². The van der Waals surface area contributed by atoms with Crippen LogP contribution in [0.15, 0.2) is 24.4 Å². The second-order valence-electron chi connectivity index (χ2n) is 11.0. The monoisotopic (exact) mass is 489 g/mol. The number of piperidine rings is 1. The highest BCUT2D eigenvalue weighted by atomic mass is 16.2. The number of imidazole rings is 1. The first kappa shape index (κ1) is 24.8. The number of nitrogens with one attached hydrogen (secondary N) is 2. The predicted molar refractivity (Wildman–Crippen MR) is 144 cm³/mol. The molecule has 0 radical (unpaired) electrons. The van der Waals surface area contributed by atoms with Gasteiger partial charge in [0.2, 0.25) is 5.82 Å². The quantitative estimate of drug-likeness (QED) is 0.595. The summed E-state index contributed by atoms with van der Waals surface area (Å²) in [4.78, 5) is 30.6. The topological polar surface area (TPSA) is 71.9 Å². The highest BCUT2D eigenvalue weighted by Crippen LogP contribution is 2.39. The molecule has 3 fully saturated rings.